The number of carbonyl (C=O) groups excluding carboxylic acids is 1. The van der Waals surface area contributed by atoms with Gasteiger partial charge in [-0.3, -0.25) is 9.48 Å². The highest BCUT2D eigenvalue weighted by Crippen LogP contribution is 2.26. The summed E-state index contributed by atoms with van der Waals surface area (Å²) < 4.78 is 29.1. The van der Waals surface area contributed by atoms with E-state index >= 15 is 0 Å². The molecule has 0 saturated carbocycles. The van der Waals surface area contributed by atoms with Gasteiger partial charge in [-0.1, -0.05) is 0 Å². The van der Waals surface area contributed by atoms with Gasteiger partial charge in [0.05, 0.1) is 12.2 Å². The van der Waals surface area contributed by atoms with Gasteiger partial charge in [0, 0.05) is 42.9 Å². The molecule has 2 heterocycles. The number of carbonyl (C=O) groups is 1. The Bertz CT molecular complexity index is 754. The molecule has 1 aromatic heterocycles. The summed E-state index contributed by atoms with van der Waals surface area (Å²) in [4.78, 5) is 11.8. The fourth-order valence-corrected chi connectivity index (χ4v) is 3.31. The van der Waals surface area contributed by atoms with Crippen molar-refractivity contribution in [2.75, 3.05) is 0 Å². The lowest BCUT2D eigenvalue weighted by Gasteiger charge is -2.33. The SMILES string of the molecule is CCn1ncc(CN[C@@H]2CCC(=O)N[C@H]2c2cc(F)cc(F)c2)c1C. The molecule has 0 unspecified atom stereocenters. The molecule has 0 bridgehead atoms. The summed E-state index contributed by atoms with van der Waals surface area (Å²) in [6.07, 6.45) is 2.82. The van der Waals surface area contributed by atoms with Crippen molar-refractivity contribution in [3.05, 3.63) is 52.9 Å². The second-order valence-electron chi connectivity index (χ2n) is 6.35. The third kappa shape index (κ3) is 3.87. The lowest BCUT2D eigenvalue weighted by atomic mass is 9.91. The lowest BCUT2D eigenvalue weighted by molar-refractivity contribution is -0.123. The van der Waals surface area contributed by atoms with Crippen LogP contribution in [0.1, 0.15) is 42.6 Å². The van der Waals surface area contributed by atoms with Crippen molar-refractivity contribution in [3.63, 3.8) is 0 Å². The molecule has 134 valence electrons. The first-order valence-corrected chi connectivity index (χ1v) is 8.48. The topological polar surface area (TPSA) is 59.0 Å². The minimum Gasteiger partial charge on any atom is -0.348 e. The van der Waals surface area contributed by atoms with Crippen LogP contribution in [0.5, 0.6) is 0 Å². The van der Waals surface area contributed by atoms with Crippen LogP contribution in [0.4, 0.5) is 8.78 Å². The van der Waals surface area contributed by atoms with Crippen LogP contribution < -0.4 is 10.6 Å². The summed E-state index contributed by atoms with van der Waals surface area (Å²) in [5, 5.41) is 10.6. The predicted octanol–water partition coefficient (Wildman–Crippen LogP) is 2.60. The van der Waals surface area contributed by atoms with E-state index in [1.807, 2.05) is 24.7 Å². The minimum atomic E-state index is -0.645. The van der Waals surface area contributed by atoms with E-state index in [-0.39, 0.29) is 11.9 Å². The molecule has 2 atom stereocenters. The maximum Gasteiger partial charge on any atom is 0.220 e. The molecule has 5 nitrogen and oxygen atoms in total. The number of halogens is 2. The molecule has 1 saturated heterocycles. The van der Waals surface area contributed by atoms with Crippen molar-refractivity contribution < 1.29 is 13.6 Å². The number of nitrogens with one attached hydrogen (secondary N) is 2. The van der Waals surface area contributed by atoms with Crippen LogP contribution in [-0.2, 0) is 17.9 Å². The van der Waals surface area contributed by atoms with Gasteiger partial charge in [-0.25, -0.2) is 8.78 Å². The van der Waals surface area contributed by atoms with Gasteiger partial charge in [-0.2, -0.15) is 5.10 Å². The van der Waals surface area contributed by atoms with E-state index in [0.29, 0.717) is 24.9 Å². The maximum absolute atomic E-state index is 13.6. The minimum absolute atomic E-state index is 0.108. The van der Waals surface area contributed by atoms with Crippen molar-refractivity contribution in [2.45, 2.75) is 51.9 Å². The summed E-state index contributed by atoms with van der Waals surface area (Å²) >= 11 is 0. The van der Waals surface area contributed by atoms with Crippen LogP contribution in [0, 0.1) is 18.6 Å². The maximum atomic E-state index is 13.6. The highest BCUT2D eigenvalue weighted by Gasteiger charge is 2.30. The van der Waals surface area contributed by atoms with Crippen molar-refractivity contribution >= 4 is 5.91 Å². The van der Waals surface area contributed by atoms with Gasteiger partial charge in [-0.15, -0.1) is 0 Å². The molecule has 3 rings (SSSR count). The first kappa shape index (κ1) is 17.5. The van der Waals surface area contributed by atoms with E-state index in [1.165, 1.54) is 12.1 Å². The number of hydrogen-bond donors (Lipinski definition) is 2. The summed E-state index contributed by atoms with van der Waals surface area (Å²) in [5.74, 6) is -1.40. The normalized spacial score (nSPS) is 20.6. The highest BCUT2D eigenvalue weighted by molar-refractivity contribution is 5.77. The molecule has 2 aromatic rings. The molecule has 0 spiro atoms. The smallest absolute Gasteiger partial charge is 0.220 e. The Labute approximate surface area is 145 Å². The van der Waals surface area contributed by atoms with Crippen molar-refractivity contribution in [2.24, 2.45) is 0 Å². The Morgan fingerprint density at radius 2 is 2.04 bits per heavy atom. The van der Waals surface area contributed by atoms with Gasteiger partial charge in [-0.05, 0) is 38.0 Å². The number of rotatable bonds is 5. The molecule has 1 amide bonds. The largest absolute Gasteiger partial charge is 0.348 e. The highest BCUT2D eigenvalue weighted by atomic mass is 19.1. The molecular weight excluding hydrogens is 326 g/mol. The van der Waals surface area contributed by atoms with Crippen LogP contribution >= 0.6 is 0 Å². The van der Waals surface area contributed by atoms with E-state index in [1.54, 1.807) is 0 Å². The molecule has 1 fully saturated rings. The number of aromatic nitrogens is 2. The molecule has 0 aliphatic carbocycles. The van der Waals surface area contributed by atoms with E-state index < -0.39 is 17.7 Å². The van der Waals surface area contributed by atoms with Crippen LogP contribution in [0.15, 0.2) is 24.4 Å². The monoisotopic (exact) mass is 348 g/mol. The number of hydrogen-bond acceptors (Lipinski definition) is 3. The summed E-state index contributed by atoms with van der Waals surface area (Å²) in [7, 11) is 0. The predicted molar refractivity (Wildman–Crippen MR) is 89.7 cm³/mol. The Hall–Kier alpha value is -2.28. The van der Waals surface area contributed by atoms with Crippen LogP contribution in [0.2, 0.25) is 0 Å². The molecule has 25 heavy (non-hydrogen) atoms. The first-order chi connectivity index (χ1) is 12.0. The number of nitrogens with zero attached hydrogens (tertiary/aromatic N) is 2. The summed E-state index contributed by atoms with van der Waals surface area (Å²) in [6, 6.07) is 2.80. The van der Waals surface area contributed by atoms with Gasteiger partial charge in [0.1, 0.15) is 11.6 Å². The quantitative estimate of drug-likeness (QED) is 0.873. The Balaban J connectivity index is 1.77. The molecule has 1 aromatic carbocycles. The molecule has 1 aliphatic rings. The zero-order valence-electron chi connectivity index (χ0n) is 14.4. The Morgan fingerprint density at radius 1 is 1.32 bits per heavy atom. The average molecular weight is 348 g/mol. The van der Waals surface area contributed by atoms with Crippen LogP contribution in [0.25, 0.3) is 0 Å². The van der Waals surface area contributed by atoms with Crippen molar-refractivity contribution in [1.82, 2.24) is 20.4 Å². The van der Waals surface area contributed by atoms with Crippen LogP contribution in [-0.4, -0.2) is 21.7 Å². The van der Waals surface area contributed by atoms with Gasteiger partial charge in [0.2, 0.25) is 5.91 Å². The third-order valence-corrected chi connectivity index (χ3v) is 4.70. The molecule has 1 aliphatic heterocycles. The zero-order valence-corrected chi connectivity index (χ0v) is 14.4. The van der Waals surface area contributed by atoms with E-state index in [9.17, 15) is 13.6 Å². The summed E-state index contributed by atoms with van der Waals surface area (Å²) in [6.45, 7) is 5.43. The van der Waals surface area contributed by atoms with E-state index in [4.69, 9.17) is 0 Å². The third-order valence-electron chi connectivity index (χ3n) is 4.70. The fourth-order valence-electron chi connectivity index (χ4n) is 3.31. The summed E-state index contributed by atoms with van der Waals surface area (Å²) in [5.41, 5.74) is 2.59. The van der Waals surface area contributed by atoms with Gasteiger partial charge < -0.3 is 10.6 Å². The van der Waals surface area contributed by atoms with Gasteiger partial charge in [0.25, 0.3) is 0 Å². The number of benzene rings is 1. The molecular formula is C18H22F2N4O. The number of amides is 1. The van der Waals surface area contributed by atoms with Gasteiger partial charge in [0.15, 0.2) is 0 Å². The Morgan fingerprint density at radius 3 is 2.68 bits per heavy atom. The average Bonchev–Trinajstić information content (AvgIpc) is 2.92. The van der Waals surface area contributed by atoms with E-state index in [2.05, 4.69) is 15.7 Å². The first-order valence-electron chi connectivity index (χ1n) is 8.48. The van der Waals surface area contributed by atoms with Crippen molar-refractivity contribution in [3.8, 4) is 0 Å². The number of piperidine rings is 1. The van der Waals surface area contributed by atoms with Gasteiger partial charge >= 0.3 is 0 Å². The second kappa shape index (κ2) is 7.31. The molecule has 2 N–H and O–H groups in total. The molecule has 0 radical (unpaired) electrons. The Kier molecular flexibility index (Phi) is 5.13. The molecule has 7 heteroatoms. The fraction of sp³-hybridized carbons (Fsp3) is 0.444. The van der Waals surface area contributed by atoms with E-state index in [0.717, 1.165) is 23.9 Å². The standard InChI is InChI=1S/C18H22F2N4O/c1-3-24-11(2)13(10-22-24)9-21-16-4-5-17(25)23-18(16)12-6-14(19)8-15(20)7-12/h6-8,10,16,18,21H,3-5,9H2,1-2H3,(H,23,25)/t16-,18+/m1/s1. The zero-order chi connectivity index (χ0) is 18.0. The van der Waals surface area contributed by atoms with Crippen LogP contribution in [0.3, 0.4) is 0 Å². The van der Waals surface area contributed by atoms with Crippen molar-refractivity contribution in [1.29, 1.82) is 0 Å². The lowest BCUT2D eigenvalue weighted by Crippen LogP contribution is -2.48. The number of aryl methyl sites for hydroxylation is 1. The second-order valence-corrected chi connectivity index (χ2v) is 6.35.